The van der Waals surface area contributed by atoms with Crippen LogP contribution in [0.3, 0.4) is 0 Å². The number of urea groups is 1. The number of aryl methyl sites for hydroxylation is 1. The largest absolute Gasteiger partial charge is 0.338 e. The fourth-order valence-electron chi connectivity index (χ4n) is 2.60. The number of amides is 2. The van der Waals surface area contributed by atoms with Crippen LogP contribution in [-0.2, 0) is 7.05 Å². The standard InChI is InChI=1S/C19H28N4O/c1-3-4-5-6-7-11-14-20-19(24)21-18-15-17(22-23(18)2)16-12-9-8-10-13-16/h8-10,12-13,15H,3-7,11,14H2,1-2H3,(H2,20,21,24). The third-order valence-corrected chi connectivity index (χ3v) is 4.01. The lowest BCUT2D eigenvalue weighted by Crippen LogP contribution is -2.30. The van der Waals surface area contributed by atoms with E-state index in [0.29, 0.717) is 12.4 Å². The van der Waals surface area contributed by atoms with Gasteiger partial charge >= 0.3 is 6.03 Å². The molecule has 1 heterocycles. The van der Waals surface area contributed by atoms with E-state index in [4.69, 9.17) is 0 Å². The summed E-state index contributed by atoms with van der Waals surface area (Å²) in [6.45, 7) is 2.93. The molecule has 130 valence electrons. The Morgan fingerprint density at radius 3 is 2.54 bits per heavy atom. The van der Waals surface area contributed by atoms with Gasteiger partial charge in [-0.1, -0.05) is 69.4 Å². The summed E-state index contributed by atoms with van der Waals surface area (Å²) in [6.07, 6.45) is 7.30. The monoisotopic (exact) mass is 328 g/mol. The van der Waals surface area contributed by atoms with Crippen molar-refractivity contribution in [3.8, 4) is 11.3 Å². The zero-order chi connectivity index (χ0) is 17.2. The molecule has 0 spiro atoms. The van der Waals surface area contributed by atoms with Gasteiger partial charge in [0.15, 0.2) is 0 Å². The molecule has 0 saturated carbocycles. The van der Waals surface area contributed by atoms with Crippen LogP contribution in [0, 0.1) is 0 Å². The Hall–Kier alpha value is -2.30. The van der Waals surface area contributed by atoms with Gasteiger partial charge in [0, 0.05) is 25.2 Å². The van der Waals surface area contributed by atoms with Gasteiger partial charge in [-0.05, 0) is 6.42 Å². The van der Waals surface area contributed by atoms with E-state index in [1.54, 1.807) is 4.68 Å². The Bertz CT molecular complexity index is 622. The maximum absolute atomic E-state index is 12.0. The minimum Gasteiger partial charge on any atom is -0.338 e. The van der Waals surface area contributed by atoms with Crippen LogP contribution in [0.4, 0.5) is 10.6 Å². The number of rotatable bonds is 9. The lowest BCUT2D eigenvalue weighted by atomic mass is 10.1. The molecule has 1 aromatic carbocycles. The summed E-state index contributed by atoms with van der Waals surface area (Å²) >= 11 is 0. The van der Waals surface area contributed by atoms with Crippen LogP contribution in [0.1, 0.15) is 45.4 Å². The van der Waals surface area contributed by atoms with Crippen LogP contribution >= 0.6 is 0 Å². The van der Waals surface area contributed by atoms with E-state index in [1.165, 1.54) is 32.1 Å². The number of aromatic nitrogens is 2. The van der Waals surface area contributed by atoms with Crippen molar-refractivity contribution in [1.29, 1.82) is 0 Å². The van der Waals surface area contributed by atoms with Crippen molar-refractivity contribution in [3.63, 3.8) is 0 Å². The predicted octanol–water partition coefficient (Wildman–Crippen LogP) is 4.57. The van der Waals surface area contributed by atoms with Gasteiger partial charge in [0.1, 0.15) is 5.82 Å². The van der Waals surface area contributed by atoms with Crippen molar-refractivity contribution in [3.05, 3.63) is 36.4 Å². The van der Waals surface area contributed by atoms with E-state index in [-0.39, 0.29) is 6.03 Å². The van der Waals surface area contributed by atoms with Crippen LogP contribution < -0.4 is 10.6 Å². The van der Waals surface area contributed by atoms with Crippen LogP contribution in [0.2, 0.25) is 0 Å². The minimum absolute atomic E-state index is 0.175. The van der Waals surface area contributed by atoms with E-state index in [1.807, 2.05) is 43.4 Å². The summed E-state index contributed by atoms with van der Waals surface area (Å²) in [5, 5.41) is 10.2. The highest BCUT2D eigenvalue weighted by Crippen LogP contribution is 2.20. The minimum atomic E-state index is -0.175. The second-order valence-electron chi connectivity index (χ2n) is 6.05. The van der Waals surface area contributed by atoms with Crippen molar-refractivity contribution in [1.82, 2.24) is 15.1 Å². The Morgan fingerprint density at radius 1 is 1.08 bits per heavy atom. The number of hydrogen-bond donors (Lipinski definition) is 2. The maximum Gasteiger partial charge on any atom is 0.320 e. The molecule has 0 bridgehead atoms. The Kier molecular flexibility index (Phi) is 7.33. The first-order valence-corrected chi connectivity index (χ1v) is 8.85. The first-order valence-electron chi connectivity index (χ1n) is 8.85. The van der Waals surface area contributed by atoms with Gasteiger partial charge in [0.25, 0.3) is 0 Å². The molecular weight excluding hydrogens is 300 g/mol. The molecule has 0 radical (unpaired) electrons. The molecule has 0 aliphatic rings. The molecule has 2 N–H and O–H groups in total. The fraction of sp³-hybridized carbons (Fsp3) is 0.474. The topological polar surface area (TPSA) is 59.0 Å². The van der Waals surface area contributed by atoms with Gasteiger partial charge in [0.05, 0.1) is 5.69 Å². The summed E-state index contributed by atoms with van der Waals surface area (Å²) in [5.74, 6) is 0.689. The maximum atomic E-state index is 12.0. The first-order chi connectivity index (χ1) is 11.7. The number of hydrogen-bond acceptors (Lipinski definition) is 2. The van der Waals surface area contributed by atoms with Crippen LogP contribution in [-0.4, -0.2) is 22.4 Å². The SMILES string of the molecule is CCCCCCCCNC(=O)Nc1cc(-c2ccccc2)nn1C. The average molecular weight is 328 g/mol. The van der Waals surface area contributed by atoms with Crippen LogP contribution in [0.5, 0.6) is 0 Å². The molecule has 5 heteroatoms. The summed E-state index contributed by atoms with van der Waals surface area (Å²) in [7, 11) is 1.83. The highest BCUT2D eigenvalue weighted by molar-refractivity contribution is 5.89. The molecular formula is C19H28N4O. The van der Waals surface area contributed by atoms with Gasteiger partial charge < -0.3 is 5.32 Å². The summed E-state index contributed by atoms with van der Waals surface area (Å²) in [5.41, 5.74) is 1.89. The summed E-state index contributed by atoms with van der Waals surface area (Å²) in [4.78, 5) is 12.0. The molecule has 0 aliphatic heterocycles. The van der Waals surface area contributed by atoms with E-state index >= 15 is 0 Å². The molecule has 0 unspecified atom stereocenters. The zero-order valence-corrected chi connectivity index (χ0v) is 14.7. The molecule has 24 heavy (non-hydrogen) atoms. The van der Waals surface area contributed by atoms with Crippen molar-refractivity contribution >= 4 is 11.8 Å². The quantitative estimate of drug-likeness (QED) is 0.662. The van der Waals surface area contributed by atoms with Crippen LogP contribution in [0.25, 0.3) is 11.3 Å². The summed E-state index contributed by atoms with van der Waals surface area (Å²) < 4.78 is 1.69. The first kappa shape index (κ1) is 18.0. The van der Waals surface area contributed by atoms with Crippen LogP contribution in [0.15, 0.2) is 36.4 Å². The van der Waals surface area contributed by atoms with Gasteiger partial charge in [-0.15, -0.1) is 0 Å². The molecule has 2 rings (SSSR count). The van der Waals surface area contributed by atoms with Crippen molar-refractivity contribution in [2.75, 3.05) is 11.9 Å². The van der Waals surface area contributed by atoms with Crippen molar-refractivity contribution < 1.29 is 4.79 Å². The highest BCUT2D eigenvalue weighted by atomic mass is 16.2. The fourth-order valence-corrected chi connectivity index (χ4v) is 2.60. The molecule has 0 atom stereocenters. The number of anilines is 1. The van der Waals surface area contributed by atoms with Gasteiger partial charge in [0.2, 0.25) is 0 Å². The number of nitrogens with one attached hydrogen (secondary N) is 2. The second-order valence-corrected chi connectivity index (χ2v) is 6.05. The normalized spacial score (nSPS) is 10.6. The number of carbonyl (C=O) groups excluding carboxylic acids is 1. The van der Waals surface area contributed by atoms with E-state index < -0.39 is 0 Å². The molecule has 1 aromatic heterocycles. The Balaban J connectivity index is 1.75. The smallest absolute Gasteiger partial charge is 0.320 e. The Labute approximate surface area is 144 Å². The molecule has 5 nitrogen and oxygen atoms in total. The Morgan fingerprint density at radius 2 is 1.79 bits per heavy atom. The number of carbonyl (C=O) groups is 1. The third-order valence-electron chi connectivity index (χ3n) is 4.01. The molecule has 0 fully saturated rings. The van der Waals surface area contributed by atoms with Crippen molar-refractivity contribution in [2.24, 2.45) is 7.05 Å². The highest BCUT2D eigenvalue weighted by Gasteiger charge is 2.09. The second kappa shape index (κ2) is 9.75. The molecule has 0 saturated heterocycles. The van der Waals surface area contributed by atoms with E-state index in [0.717, 1.165) is 17.7 Å². The number of benzene rings is 1. The lowest BCUT2D eigenvalue weighted by molar-refractivity contribution is 0.251. The molecule has 2 aromatic rings. The van der Waals surface area contributed by atoms with Crippen molar-refractivity contribution in [2.45, 2.75) is 45.4 Å². The summed E-state index contributed by atoms with van der Waals surface area (Å²) in [6, 6.07) is 11.6. The molecule has 2 amide bonds. The van der Waals surface area contributed by atoms with E-state index in [9.17, 15) is 4.79 Å². The van der Waals surface area contributed by atoms with Gasteiger partial charge in [-0.2, -0.15) is 5.10 Å². The number of nitrogens with zero attached hydrogens (tertiary/aromatic N) is 2. The predicted molar refractivity (Wildman–Crippen MR) is 99.0 cm³/mol. The zero-order valence-electron chi connectivity index (χ0n) is 14.7. The van der Waals surface area contributed by atoms with Gasteiger partial charge in [-0.3, -0.25) is 10.00 Å². The average Bonchev–Trinajstić information content (AvgIpc) is 2.95. The van der Waals surface area contributed by atoms with Gasteiger partial charge in [-0.25, -0.2) is 4.79 Å². The van der Waals surface area contributed by atoms with E-state index in [2.05, 4.69) is 22.7 Å². The third kappa shape index (κ3) is 5.72. The lowest BCUT2D eigenvalue weighted by Gasteiger charge is -2.07. The number of unbranched alkanes of at least 4 members (excludes halogenated alkanes) is 5. The molecule has 0 aliphatic carbocycles.